The Morgan fingerprint density at radius 2 is 1.52 bits per heavy atom. The van der Waals surface area contributed by atoms with Crippen molar-refractivity contribution in [2.45, 2.75) is 34.2 Å². The fourth-order valence-corrected chi connectivity index (χ4v) is 4.62. The fraction of sp³-hybridized carbons (Fsp3) is 0.214. The lowest BCUT2D eigenvalue weighted by atomic mass is 10.0. The number of benzene rings is 3. The van der Waals surface area contributed by atoms with Gasteiger partial charge in [0, 0.05) is 11.1 Å². The summed E-state index contributed by atoms with van der Waals surface area (Å²) in [5.41, 5.74) is 10.5. The van der Waals surface area contributed by atoms with Crippen molar-refractivity contribution in [2.75, 3.05) is 7.11 Å². The van der Waals surface area contributed by atoms with Crippen LogP contribution in [-0.4, -0.2) is 22.9 Å². The van der Waals surface area contributed by atoms with E-state index in [0.29, 0.717) is 12.1 Å². The predicted molar refractivity (Wildman–Crippen MR) is 137 cm³/mol. The Labute approximate surface area is 203 Å². The molecule has 3 aromatic carbocycles. The smallest absolute Gasteiger partial charge is 0.337 e. The number of ether oxygens (including phenoxy) is 1. The first-order chi connectivity index (χ1) is 15.8. The van der Waals surface area contributed by atoms with Gasteiger partial charge in [0.25, 0.3) is 0 Å². The van der Waals surface area contributed by atoms with Crippen molar-refractivity contribution in [3.05, 3.63) is 98.5 Å². The van der Waals surface area contributed by atoms with Gasteiger partial charge in [-0.3, -0.25) is 4.68 Å². The summed E-state index contributed by atoms with van der Waals surface area (Å²) in [6.07, 6.45) is 0. The van der Waals surface area contributed by atoms with E-state index in [9.17, 15) is 4.79 Å². The minimum absolute atomic E-state index is 0.344. The molecule has 4 nitrogen and oxygen atoms in total. The highest BCUT2D eigenvalue weighted by Gasteiger charge is 2.20. The summed E-state index contributed by atoms with van der Waals surface area (Å²) < 4.78 is 7.86. The van der Waals surface area contributed by atoms with Crippen molar-refractivity contribution in [2.24, 2.45) is 0 Å². The first kappa shape index (κ1) is 23.0. The molecule has 0 N–H and O–H groups in total. The molecule has 4 aromatic rings. The number of carbonyl (C=O) groups is 1. The Morgan fingerprint density at radius 3 is 2.15 bits per heavy atom. The number of hydrogen-bond acceptors (Lipinski definition) is 3. The number of rotatable bonds is 5. The second-order valence-electron chi connectivity index (χ2n) is 8.46. The molecule has 0 unspecified atom stereocenters. The van der Waals surface area contributed by atoms with Crippen molar-refractivity contribution in [1.29, 1.82) is 0 Å². The molecule has 33 heavy (non-hydrogen) atoms. The summed E-state index contributed by atoms with van der Waals surface area (Å²) in [6.45, 7) is 8.99. The minimum atomic E-state index is -0.344. The van der Waals surface area contributed by atoms with E-state index >= 15 is 0 Å². The van der Waals surface area contributed by atoms with Crippen LogP contribution in [0.15, 0.2) is 65.1 Å². The van der Waals surface area contributed by atoms with E-state index in [1.54, 1.807) is 6.07 Å². The number of hydrogen-bond donors (Lipinski definition) is 0. The Balaban J connectivity index is 1.86. The number of carbonyl (C=O) groups excluding carboxylic acids is 1. The quantitative estimate of drug-likeness (QED) is 0.274. The van der Waals surface area contributed by atoms with Gasteiger partial charge in [0.1, 0.15) is 5.69 Å². The standard InChI is InChI=1S/C28H27BrN2O2/c1-17-9-11-22(13-19(17)3)26-25(29)27(23-12-10-18(2)20(4)14-23)31(30-26)16-21-7-6-8-24(15-21)28(32)33-5/h6-15H,16H2,1-5H3. The Kier molecular flexibility index (Phi) is 6.52. The van der Waals surface area contributed by atoms with Gasteiger partial charge in [-0.25, -0.2) is 4.79 Å². The molecule has 168 valence electrons. The molecule has 0 aliphatic carbocycles. The number of esters is 1. The molecular weight excluding hydrogens is 476 g/mol. The van der Waals surface area contributed by atoms with Gasteiger partial charge in [0.05, 0.1) is 29.4 Å². The van der Waals surface area contributed by atoms with Crippen molar-refractivity contribution in [3.8, 4) is 22.5 Å². The monoisotopic (exact) mass is 502 g/mol. The number of methoxy groups -OCH3 is 1. The average Bonchev–Trinajstić information content (AvgIpc) is 3.12. The van der Waals surface area contributed by atoms with E-state index in [4.69, 9.17) is 9.84 Å². The lowest BCUT2D eigenvalue weighted by Gasteiger charge is -2.11. The van der Waals surface area contributed by atoms with Gasteiger partial charge in [-0.15, -0.1) is 0 Å². The summed E-state index contributed by atoms with van der Waals surface area (Å²) in [5, 5.41) is 5.02. The van der Waals surface area contributed by atoms with Gasteiger partial charge in [-0.2, -0.15) is 5.10 Å². The molecule has 0 amide bonds. The zero-order valence-electron chi connectivity index (χ0n) is 19.6. The number of aryl methyl sites for hydroxylation is 4. The van der Waals surface area contributed by atoms with Crippen molar-refractivity contribution < 1.29 is 9.53 Å². The Hall–Kier alpha value is -3.18. The normalized spacial score (nSPS) is 11.0. The van der Waals surface area contributed by atoms with E-state index in [1.807, 2.05) is 22.9 Å². The topological polar surface area (TPSA) is 44.1 Å². The van der Waals surface area contributed by atoms with E-state index in [0.717, 1.165) is 32.6 Å². The maximum Gasteiger partial charge on any atom is 0.337 e. The molecular formula is C28H27BrN2O2. The molecule has 0 aliphatic heterocycles. The van der Waals surface area contributed by atoms with Crippen LogP contribution in [0.25, 0.3) is 22.5 Å². The fourth-order valence-electron chi connectivity index (χ4n) is 3.88. The zero-order chi connectivity index (χ0) is 23.7. The maximum atomic E-state index is 12.0. The van der Waals surface area contributed by atoms with Crippen LogP contribution in [0.1, 0.15) is 38.2 Å². The summed E-state index contributed by atoms with van der Waals surface area (Å²) in [6, 6.07) is 20.4. The molecule has 1 aromatic heterocycles. The maximum absolute atomic E-state index is 12.0. The lowest BCUT2D eigenvalue weighted by molar-refractivity contribution is 0.0600. The van der Waals surface area contributed by atoms with Crippen LogP contribution in [0.4, 0.5) is 0 Å². The van der Waals surface area contributed by atoms with Crippen molar-refractivity contribution in [3.63, 3.8) is 0 Å². The van der Waals surface area contributed by atoms with Gasteiger partial charge in [-0.05, 0) is 95.7 Å². The molecule has 1 heterocycles. The third-order valence-electron chi connectivity index (χ3n) is 6.14. The summed E-state index contributed by atoms with van der Waals surface area (Å²) in [7, 11) is 1.40. The second kappa shape index (κ2) is 9.36. The van der Waals surface area contributed by atoms with E-state index < -0.39 is 0 Å². The van der Waals surface area contributed by atoms with Crippen LogP contribution in [-0.2, 0) is 11.3 Å². The lowest BCUT2D eigenvalue weighted by Crippen LogP contribution is -2.07. The molecule has 5 heteroatoms. The van der Waals surface area contributed by atoms with Crippen LogP contribution < -0.4 is 0 Å². The van der Waals surface area contributed by atoms with E-state index in [2.05, 4.69) is 80.0 Å². The summed E-state index contributed by atoms with van der Waals surface area (Å²) >= 11 is 3.87. The summed E-state index contributed by atoms with van der Waals surface area (Å²) in [4.78, 5) is 12.0. The highest BCUT2D eigenvalue weighted by atomic mass is 79.9. The molecule has 0 bridgehead atoms. The van der Waals surface area contributed by atoms with Crippen LogP contribution >= 0.6 is 15.9 Å². The molecule has 0 saturated heterocycles. The van der Waals surface area contributed by atoms with Crippen molar-refractivity contribution >= 4 is 21.9 Å². The third kappa shape index (κ3) is 4.64. The van der Waals surface area contributed by atoms with Crippen molar-refractivity contribution in [1.82, 2.24) is 9.78 Å². The average molecular weight is 503 g/mol. The van der Waals surface area contributed by atoms with Crippen LogP contribution in [0.2, 0.25) is 0 Å². The minimum Gasteiger partial charge on any atom is -0.465 e. The number of aromatic nitrogens is 2. The molecule has 4 rings (SSSR count). The van der Waals surface area contributed by atoms with Crippen LogP contribution in [0.5, 0.6) is 0 Å². The highest BCUT2D eigenvalue weighted by molar-refractivity contribution is 9.10. The largest absolute Gasteiger partial charge is 0.465 e. The van der Waals surface area contributed by atoms with Gasteiger partial charge in [0.2, 0.25) is 0 Å². The van der Waals surface area contributed by atoms with Gasteiger partial charge in [-0.1, -0.05) is 36.4 Å². The van der Waals surface area contributed by atoms with Crippen LogP contribution in [0, 0.1) is 27.7 Å². The van der Waals surface area contributed by atoms with Gasteiger partial charge >= 0.3 is 5.97 Å². The SMILES string of the molecule is COC(=O)c1cccc(Cn2nc(-c3ccc(C)c(C)c3)c(Br)c2-c2ccc(C)c(C)c2)c1. The molecule has 0 atom stereocenters. The van der Waals surface area contributed by atoms with Crippen LogP contribution in [0.3, 0.4) is 0 Å². The number of nitrogens with zero attached hydrogens (tertiary/aromatic N) is 2. The molecule has 0 aliphatic rings. The first-order valence-corrected chi connectivity index (χ1v) is 11.7. The second-order valence-corrected chi connectivity index (χ2v) is 9.25. The molecule has 0 radical (unpaired) electrons. The number of halogens is 1. The Morgan fingerprint density at radius 1 is 0.879 bits per heavy atom. The van der Waals surface area contributed by atoms with E-state index in [-0.39, 0.29) is 5.97 Å². The van der Waals surface area contributed by atoms with Gasteiger partial charge < -0.3 is 4.74 Å². The molecule has 0 saturated carbocycles. The zero-order valence-corrected chi connectivity index (χ0v) is 21.2. The van der Waals surface area contributed by atoms with E-state index in [1.165, 1.54) is 29.4 Å². The third-order valence-corrected chi connectivity index (χ3v) is 6.89. The Bertz CT molecular complexity index is 1350. The molecule has 0 spiro atoms. The van der Waals surface area contributed by atoms with Gasteiger partial charge in [0.15, 0.2) is 0 Å². The summed E-state index contributed by atoms with van der Waals surface area (Å²) in [5.74, 6) is -0.344. The first-order valence-electron chi connectivity index (χ1n) is 10.9. The predicted octanol–water partition coefficient (Wildman–Crippen LogP) is 7.05. The highest BCUT2D eigenvalue weighted by Crippen LogP contribution is 2.38. The molecule has 0 fully saturated rings.